The van der Waals surface area contributed by atoms with E-state index < -0.39 is 28.5 Å². The van der Waals surface area contributed by atoms with Gasteiger partial charge in [0.2, 0.25) is 0 Å². The minimum absolute atomic E-state index is 0.0547. The van der Waals surface area contributed by atoms with Gasteiger partial charge in [-0.3, -0.25) is 17.0 Å². The Kier molecular flexibility index (Phi) is 10.5. The molecule has 0 aliphatic rings. The number of rotatable bonds is 13. The van der Waals surface area contributed by atoms with Crippen LogP contribution in [0, 0.1) is 13.8 Å². The fraction of sp³-hybridized carbons (Fsp3) is 0.194. The van der Waals surface area contributed by atoms with Gasteiger partial charge in [-0.2, -0.15) is 0 Å². The molecule has 0 aromatic heterocycles. The largest absolute Gasteiger partial charge is 0.755 e. The third-order valence-electron chi connectivity index (χ3n) is 6.52. The van der Waals surface area contributed by atoms with Crippen LogP contribution in [0.25, 0.3) is 0 Å². The molecule has 4 rings (SSSR count). The summed E-state index contributed by atoms with van der Waals surface area (Å²) < 4.78 is 57.2. The molecule has 2 atom stereocenters. The molecular weight excluding hydrogens is 590 g/mol. The van der Waals surface area contributed by atoms with Crippen molar-refractivity contribution in [2.24, 2.45) is 0 Å². The molecule has 0 spiro atoms. The van der Waals surface area contributed by atoms with E-state index in [0.717, 1.165) is 28.3 Å². The number of anilines is 5. The number of benzene rings is 4. The minimum Gasteiger partial charge on any atom is -0.755 e. The summed E-state index contributed by atoms with van der Waals surface area (Å²) in [6, 6.07) is 22.6. The number of unbranched alkanes of at least 4 members (excludes halogenated alkanes) is 1. The molecule has 0 aliphatic heterocycles. The van der Waals surface area contributed by atoms with E-state index in [1.54, 1.807) is 54.6 Å². The lowest BCUT2D eigenvalue weighted by Gasteiger charge is -2.29. The number of carboxylic acid groups (broad SMARTS) is 1. The van der Waals surface area contributed by atoms with Crippen LogP contribution in [0.2, 0.25) is 0 Å². The Labute approximate surface area is 255 Å². The minimum atomic E-state index is -2.80. The number of aromatic carboxylic acids is 1. The highest BCUT2D eigenvalue weighted by atomic mass is 32.2. The zero-order valence-corrected chi connectivity index (χ0v) is 25.4. The fourth-order valence-electron chi connectivity index (χ4n) is 4.33. The third kappa shape index (κ3) is 7.79. The zero-order chi connectivity index (χ0) is 31.1. The van der Waals surface area contributed by atoms with Gasteiger partial charge in [-0.05, 0) is 74.9 Å². The van der Waals surface area contributed by atoms with Gasteiger partial charge in [0.25, 0.3) is 0 Å². The molecule has 4 aromatic carbocycles. The van der Waals surface area contributed by atoms with Crippen LogP contribution >= 0.6 is 0 Å². The predicted octanol–water partition coefficient (Wildman–Crippen LogP) is 6.87. The lowest BCUT2D eigenvalue weighted by atomic mass is 10.1. The lowest BCUT2D eigenvalue weighted by molar-refractivity contribution is 0.0697. The quantitative estimate of drug-likeness (QED) is 0.122. The van der Waals surface area contributed by atoms with Gasteiger partial charge in [0.05, 0.1) is 56.5 Å². The monoisotopic (exact) mass is 621 g/mol. The highest BCUT2D eigenvalue weighted by Gasteiger charge is 2.21. The van der Waals surface area contributed by atoms with Crippen LogP contribution in [0.15, 0.2) is 84.9 Å². The molecule has 10 nitrogen and oxygen atoms in total. The number of nitrogens with one attached hydrogen (secondary N) is 1. The average Bonchev–Trinajstić information content (AvgIpc) is 2.96. The second kappa shape index (κ2) is 14.3. The van der Waals surface area contributed by atoms with Gasteiger partial charge >= 0.3 is 5.97 Å². The highest BCUT2D eigenvalue weighted by molar-refractivity contribution is 7.81. The number of hydrogen-bond acceptors (Lipinski definition) is 7. The van der Waals surface area contributed by atoms with Gasteiger partial charge in [0, 0.05) is 12.6 Å². The normalized spacial score (nSPS) is 12.3. The summed E-state index contributed by atoms with van der Waals surface area (Å²) in [7, 11) is 0. The summed E-state index contributed by atoms with van der Waals surface area (Å²) in [6.07, 6.45) is 1.77. The SMILES string of the molecule is CCCCNc1cc(Oc2ccc(N(c3ccc(C)cc3)S(=O)[O-])c(C(=O)O)c2)ccc1N(c1ccc(C)cc1)S(=O)[O-]. The molecule has 2 unspecified atom stereocenters. The molecule has 0 amide bonds. The Morgan fingerprint density at radius 2 is 1.28 bits per heavy atom. The van der Waals surface area contributed by atoms with Crippen LogP contribution < -0.4 is 18.7 Å². The van der Waals surface area contributed by atoms with Crippen LogP contribution in [0.4, 0.5) is 28.4 Å². The Balaban J connectivity index is 1.71. The lowest BCUT2D eigenvalue weighted by Crippen LogP contribution is -2.22. The second-order valence-electron chi connectivity index (χ2n) is 9.74. The molecule has 0 fully saturated rings. The van der Waals surface area contributed by atoms with Gasteiger partial charge in [-0.15, -0.1) is 0 Å². The third-order valence-corrected chi connectivity index (χ3v) is 7.93. The molecular formula is C31H31N3O7S2-2. The molecule has 0 radical (unpaired) electrons. The Morgan fingerprint density at radius 1 is 0.791 bits per heavy atom. The van der Waals surface area contributed by atoms with Crippen LogP contribution in [-0.2, 0) is 22.5 Å². The molecule has 226 valence electrons. The van der Waals surface area contributed by atoms with Gasteiger partial charge in [0.15, 0.2) is 0 Å². The Hall–Kier alpha value is -4.23. The van der Waals surface area contributed by atoms with Crippen molar-refractivity contribution in [2.75, 3.05) is 20.5 Å². The van der Waals surface area contributed by atoms with Crippen molar-refractivity contribution in [3.63, 3.8) is 0 Å². The van der Waals surface area contributed by atoms with Crippen molar-refractivity contribution >= 4 is 56.9 Å². The fourth-order valence-corrected chi connectivity index (χ4v) is 5.56. The van der Waals surface area contributed by atoms with Crippen LogP contribution in [0.1, 0.15) is 41.3 Å². The molecule has 12 heteroatoms. The van der Waals surface area contributed by atoms with E-state index in [1.807, 2.05) is 32.9 Å². The van der Waals surface area contributed by atoms with E-state index in [0.29, 0.717) is 29.4 Å². The summed E-state index contributed by atoms with van der Waals surface area (Å²) in [5.74, 6) is -0.876. The van der Waals surface area contributed by atoms with Crippen molar-refractivity contribution in [3.8, 4) is 11.5 Å². The first kappa shape index (κ1) is 31.7. The van der Waals surface area contributed by atoms with E-state index in [2.05, 4.69) is 5.32 Å². The van der Waals surface area contributed by atoms with Crippen molar-refractivity contribution < 1.29 is 32.2 Å². The first-order chi connectivity index (χ1) is 20.6. The maximum Gasteiger partial charge on any atom is 0.337 e. The van der Waals surface area contributed by atoms with E-state index in [4.69, 9.17) is 4.74 Å². The average molecular weight is 622 g/mol. The predicted molar refractivity (Wildman–Crippen MR) is 168 cm³/mol. The van der Waals surface area contributed by atoms with E-state index in [1.165, 1.54) is 22.5 Å². The number of aryl methyl sites for hydroxylation is 2. The number of hydrogen-bond donors (Lipinski definition) is 2. The van der Waals surface area contributed by atoms with E-state index >= 15 is 0 Å². The summed E-state index contributed by atoms with van der Waals surface area (Å²) in [4.78, 5) is 12.2. The molecule has 43 heavy (non-hydrogen) atoms. The van der Waals surface area contributed by atoms with Crippen molar-refractivity contribution in [1.82, 2.24) is 0 Å². The van der Waals surface area contributed by atoms with Crippen LogP contribution in [0.5, 0.6) is 11.5 Å². The number of ether oxygens (including phenoxy) is 1. The topological polar surface area (TPSA) is 145 Å². The molecule has 0 heterocycles. The Bertz CT molecular complexity index is 1630. The van der Waals surface area contributed by atoms with Gasteiger partial charge in [-0.25, -0.2) is 4.79 Å². The smallest absolute Gasteiger partial charge is 0.337 e. The Morgan fingerprint density at radius 3 is 1.77 bits per heavy atom. The maximum absolute atomic E-state index is 12.4. The van der Waals surface area contributed by atoms with E-state index in [9.17, 15) is 27.4 Å². The standard InChI is InChI=1S/C31H33N3O7S2/c1-4-5-18-32-28-20-26(15-17-30(28)34(43(39)40)24-12-8-22(3)9-13-24)41-25-14-16-29(27(19-25)31(35)36)33(42(37)38)23-10-6-21(2)7-11-23/h6-17,19-20,32H,4-5,18H2,1-3H3,(H,35,36)(H,37,38)(H,39,40)/p-2. The molecule has 0 bridgehead atoms. The number of carboxylic acids is 1. The van der Waals surface area contributed by atoms with E-state index in [-0.39, 0.29) is 22.7 Å². The zero-order valence-electron chi connectivity index (χ0n) is 23.8. The van der Waals surface area contributed by atoms with Crippen molar-refractivity contribution in [2.45, 2.75) is 33.6 Å². The first-order valence-electron chi connectivity index (χ1n) is 13.4. The maximum atomic E-state index is 12.4. The summed E-state index contributed by atoms with van der Waals surface area (Å²) in [5.41, 5.74) is 3.19. The highest BCUT2D eigenvalue weighted by Crippen LogP contribution is 2.39. The number of carbonyl (C=O) groups is 1. The van der Waals surface area contributed by atoms with Crippen molar-refractivity contribution in [3.05, 3.63) is 102 Å². The molecule has 2 N–H and O–H groups in total. The summed E-state index contributed by atoms with van der Waals surface area (Å²) in [6.45, 7) is 6.39. The van der Waals surface area contributed by atoms with Crippen LogP contribution in [-0.4, -0.2) is 35.1 Å². The molecule has 0 saturated heterocycles. The molecule has 0 saturated carbocycles. The first-order valence-corrected chi connectivity index (χ1v) is 15.5. The summed E-state index contributed by atoms with van der Waals surface area (Å²) in [5, 5.41) is 13.2. The van der Waals surface area contributed by atoms with Gasteiger partial charge < -0.3 is 24.3 Å². The molecule has 4 aromatic rings. The van der Waals surface area contributed by atoms with Crippen LogP contribution in [0.3, 0.4) is 0 Å². The number of nitrogens with zero attached hydrogens (tertiary/aromatic N) is 2. The van der Waals surface area contributed by atoms with Gasteiger partial charge in [-0.1, -0.05) is 48.7 Å². The molecule has 0 aliphatic carbocycles. The summed E-state index contributed by atoms with van der Waals surface area (Å²) >= 11 is -5.43. The van der Waals surface area contributed by atoms with Gasteiger partial charge in [0.1, 0.15) is 11.5 Å². The second-order valence-corrected chi connectivity index (χ2v) is 11.3. The van der Waals surface area contributed by atoms with Crippen molar-refractivity contribution in [1.29, 1.82) is 0 Å².